The molecule has 0 fully saturated rings. The second-order valence-electron chi connectivity index (χ2n) is 5.25. The first-order valence-corrected chi connectivity index (χ1v) is 7.53. The van der Waals surface area contributed by atoms with E-state index in [1.807, 2.05) is 0 Å². The van der Waals surface area contributed by atoms with Crippen molar-refractivity contribution in [3.8, 4) is 5.75 Å². The smallest absolute Gasteiger partial charge is 0.406 e. The van der Waals surface area contributed by atoms with Gasteiger partial charge in [-0.25, -0.2) is 8.78 Å². The molecular formula is C17H13F5N2O3. The first-order chi connectivity index (χ1) is 12.6. The number of carbonyl (C=O) groups excluding carboxylic acids is 2. The monoisotopic (exact) mass is 388 g/mol. The minimum atomic E-state index is -4.86. The molecule has 0 aromatic heterocycles. The lowest BCUT2D eigenvalue weighted by Crippen LogP contribution is -2.28. The van der Waals surface area contributed by atoms with Crippen molar-refractivity contribution in [3.05, 3.63) is 59.7 Å². The Hall–Kier alpha value is -3.17. The SMILES string of the molecule is O=C(CCNC(=O)c1ccc(F)cc1F)Nc1cccc(OC(F)(F)F)c1. The van der Waals surface area contributed by atoms with Crippen molar-refractivity contribution in [2.75, 3.05) is 11.9 Å². The molecule has 27 heavy (non-hydrogen) atoms. The minimum Gasteiger partial charge on any atom is -0.406 e. The van der Waals surface area contributed by atoms with E-state index in [1.165, 1.54) is 12.1 Å². The van der Waals surface area contributed by atoms with Crippen LogP contribution < -0.4 is 15.4 Å². The van der Waals surface area contributed by atoms with E-state index in [2.05, 4.69) is 15.4 Å². The van der Waals surface area contributed by atoms with Gasteiger partial charge >= 0.3 is 6.36 Å². The van der Waals surface area contributed by atoms with Gasteiger partial charge in [-0.2, -0.15) is 0 Å². The summed E-state index contributed by atoms with van der Waals surface area (Å²) >= 11 is 0. The van der Waals surface area contributed by atoms with Crippen LogP contribution >= 0.6 is 0 Å². The molecule has 2 N–H and O–H groups in total. The van der Waals surface area contributed by atoms with Crippen LogP contribution in [0, 0.1) is 11.6 Å². The van der Waals surface area contributed by atoms with E-state index in [1.54, 1.807) is 0 Å². The van der Waals surface area contributed by atoms with E-state index >= 15 is 0 Å². The van der Waals surface area contributed by atoms with Gasteiger partial charge in [0.05, 0.1) is 5.56 Å². The summed E-state index contributed by atoms with van der Waals surface area (Å²) in [4.78, 5) is 23.6. The van der Waals surface area contributed by atoms with Crippen molar-refractivity contribution < 1.29 is 36.3 Å². The molecule has 5 nitrogen and oxygen atoms in total. The van der Waals surface area contributed by atoms with Crippen LogP contribution in [0.15, 0.2) is 42.5 Å². The van der Waals surface area contributed by atoms with Crippen LogP contribution in [0.4, 0.5) is 27.6 Å². The lowest BCUT2D eigenvalue weighted by atomic mass is 10.2. The number of anilines is 1. The van der Waals surface area contributed by atoms with E-state index in [4.69, 9.17) is 0 Å². The molecule has 0 radical (unpaired) electrons. The molecule has 0 aliphatic rings. The predicted octanol–water partition coefficient (Wildman–Crippen LogP) is 3.62. The van der Waals surface area contributed by atoms with Crippen LogP contribution in [0.2, 0.25) is 0 Å². The van der Waals surface area contributed by atoms with Crippen molar-refractivity contribution >= 4 is 17.5 Å². The van der Waals surface area contributed by atoms with Gasteiger partial charge < -0.3 is 15.4 Å². The van der Waals surface area contributed by atoms with Gasteiger partial charge in [0.1, 0.15) is 17.4 Å². The maximum atomic E-state index is 13.5. The van der Waals surface area contributed by atoms with E-state index in [-0.39, 0.29) is 24.2 Å². The Bertz CT molecular complexity index is 840. The summed E-state index contributed by atoms with van der Waals surface area (Å²) < 4.78 is 66.5. The quantitative estimate of drug-likeness (QED) is 0.743. The molecule has 0 spiro atoms. The molecule has 144 valence electrons. The molecule has 0 unspecified atom stereocenters. The van der Waals surface area contributed by atoms with Crippen molar-refractivity contribution in [2.45, 2.75) is 12.8 Å². The van der Waals surface area contributed by atoms with Crippen LogP contribution in [-0.2, 0) is 4.79 Å². The molecular weight excluding hydrogens is 375 g/mol. The number of alkyl halides is 3. The Kier molecular flexibility index (Phi) is 6.32. The summed E-state index contributed by atoms with van der Waals surface area (Å²) in [6, 6.07) is 7.10. The fourth-order valence-corrected chi connectivity index (χ4v) is 2.05. The van der Waals surface area contributed by atoms with Crippen LogP contribution in [0.25, 0.3) is 0 Å². The third-order valence-corrected chi connectivity index (χ3v) is 3.16. The predicted molar refractivity (Wildman–Crippen MR) is 85.1 cm³/mol. The lowest BCUT2D eigenvalue weighted by Gasteiger charge is -2.11. The average Bonchev–Trinajstić information content (AvgIpc) is 2.53. The standard InChI is InChI=1S/C17H13F5N2O3/c18-10-4-5-13(14(19)8-10)16(26)23-7-6-15(25)24-11-2-1-3-12(9-11)27-17(20,21)22/h1-5,8-9H,6-7H2,(H,23,26)(H,24,25). The number of ether oxygens (including phenoxy) is 1. The van der Waals surface area contributed by atoms with Gasteiger partial charge in [0.15, 0.2) is 0 Å². The minimum absolute atomic E-state index is 0.0673. The third-order valence-electron chi connectivity index (χ3n) is 3.16. The van der Waals surface area contributed by atoms with Gasteiger partial charge in [0.25, 0.3) is 5.91 Å². The van der Waals surface area contributed by atoms with Gasteiger partial charge in [0.2, 0.25) is 5.91 Å². The number of rotatable bonds is 6. The molecule has 0 atom stereocenters. The van der Waals surface area contributed by atoms with Crippen LogP contribution in [0.1, 0.15) is 16.8 Å². The zero-order valence-electron chi connectivity index (χ0n) is 13.6. The van der Waals surface area contributed by atoms with Crippen molar-refractivity contribution in [2.24, 2.45) is 0 Å². The Morgan fingerprint density at radius 1 is 1.04 bits per heavy atom. The van der Waals surface area contributed by atoms with Crippen LogP contribution in [0.5, 0.6) is 5.75 Å². The van der Waals surface area contributed by atoms with Gasteiger partial charge in [-0.1, -0.05) is 6.07 Å². The fraction of sp³-hybridized carbons (Fsp3) is 0.176. The van der Waals surface area contributed by atoms with E-state index in [0.29, 0.717) is 6.07 Å². The van der Waals surface area contributed by atoms with Crippen LogP contribution in [-0.4, -0.2) is 24.7 Å². The summed E-state index contributed by atoms with van der Waals surface area (Å²) in [6.45, 7) is -0.166. The molecule has 0 saturated carbocycles. The third kappa shape index (κ3) is 6.57. The Morgan fingerprint density at radius 2 is 1.78 bits per heavy atom. The number of benzene rings is 2. The number of halogens is 5. The Labute approximate surface area is 150 Å². The first-order valence-electron chi connectivity index (χ1n) is 7.53. The molecule has 0 bridgehead atoms. The molecule has 0 aliphatic heterocycles. The van der Waals surface area contributed by atoms with Crippen molar-refractivity contribution in [3.63, 3.8) is 0 Å². The molecule has 10 heteroatoms. The summed E-state index contributed by atoms with van der Waals surface area (Å²) in [6.07, 6.45) is -5.08. The number of hydrogen-bond donors (Lipinski definition) is 2. The van der Waals surface area contributed by atoms with Gasteiger partial charge in [-0.05, 0) is 24.3 Å². The van der Waals surface area contributed by atoms with E-state index in [9.17, 15) is 31.5 Å². The number of carbonyl (C=O) groups is 2. The highest BCUT2D eigenvalue weighted by atomic mass is 19.4. The van der Waals surface area contributed by atoms with Crippen molar-refractivity contribution in [1.82, 2.24) is 5.32 Å². The van der Waals surface area contributed by atoms with E-state index < -0.39 is 35.6 Å². The molecule has 2 aromatic carbocycles. The summed E-state index contributed by atoms with van der Waals surface area (Å²) in [5, 5.41) is 4.62. The van der Waals surface area contributed by atoms with Gasteiger partial charge in [-0.15, -0.1) is 13.2 Å². The molecule has 0 saturated heterocycles. The van der Waals surface area contributed by atoms with E-state index in [0.717, 1.165) is 24.3 Å². The molecule has 2 amide bonds. The molecule has 2 rings (SSSR count). The molecule has 2 aromatic rings. The highest BCUT2D eigenvalue weighted by molar-refractivity contribution is 5.95. The normalized spacial score (nSPS) is 11.0. The Balaban J connectivity index is 1.84. The number of hydrogen-bond acceptors (Lipinski definition) is 3. The highest BCUT2D eigenvalue weighted by Crippen LogP contribution is 2.25. The summed E-state index contributed by atoms with van der Waals surface area (Å²) in [5.74, 6) is -3.81. The van der Waals surface area contributed by atoms with Crippen LogP contribution in [0.3, 0.4) is 0 Å². The average molecular weight is 388 g/mol. The second-order valence-corrected chi connectivity index (χ2v) is 5.25. The fourth-order valence-electron chi connectivity index (χ4n) is 2.05. The number of nitrogens with one attached hydrogen (secondary N) is 2. The van der Waals surface area contributed by atoms with Gasteiger partial charge in [-0.3, -0.25) is 9.59 Å². The van der Waals surface area contributed by atoms with Crippen molar-refractivity contribution in [1.29, 1.82) is 0 Å². The van der Waals surface area contributed by atoms with Gasteiger partial charge in [0, 0.05) is 30.8 Å². The molecule has 0 heterocycles. The Morgan fingerprint density at radius 3 is 2.44 bits per heavy atom. The maximum Gasteiger partial charge on any atom is 0.573 e. The maximum absolute atomic E-state index is 13.5. The first kappa shape index (κ1) is 20.1. The number of amides is 2. The second kappa shape index (κ2) is 8.47. The topological polar surface area (TPSA) is 67.4 Å². The zero-order chi connectivity index (χ0) is 20.0. The zero-order valence-corrected chi connectivity index (χ0v) is 13.6. The largest absolute Gasteiger partial charge is 0.573 e. The highest BCUT2D eigenvalue weighted by Gasteiger charge is 2.31. The summed E-state index contributed by atoms with van der Waals surface area (Å²) in [5.41, 5.74) is -0.313. The lowest BCUT2D eigenvalue weighted by molar-refractivity contribution is -0.274. The molecule has 0 aliphatic carbocycles. The summed E-state index contributed by atoms with van der Waals surface area (Å²) in [7, 11) is 0.